The third-order valence-corrected chi connectivity index (χ3v) is 7.83. The molecule has 3 N–H and O–H groups in total. The van der Waals surface area contributed by atoms with Crippen molar-refractivity contribution in [2.45, 2.75) is 101 Å². The second-order valence-electron chi connectivity index (χ2n) is 9.35. The Morgan fingerprint density at radius 1 is 0.903 bits per heavy atom. The predicted molar refractivity (Wildman–Crippen MR) is 119 cm³/mol. The largest absolute Gasteiger partial charge is 0.388 e. The molecule has 0 spiro atoms. The Labute approximate surface area is 186 Å². The lowest BCUT2D eigenvalue weighted by atomic mass is 9.89. The molecule has 1 aliphatic heterocycles. The molecular formula is C23H38O7S. The summed E-state index contributed by atoms with van der Waals surface area (Å²) >= 11 is 0. The van der Waals surface area contributed by atoms with Crippen LogP contribution in [0, 0.1) is 0 Å². The highest BCUT2D eigenvalue weighted by Crippen LogP contribution is 2.36. The van der Waals surface area contributed by atoms with Crippen molar-refractivity contribution in [1.82, 2.24) is 0 Å². The molecule has 0 saturated carbocycles. The monoisotopic (exact) mass is 458 g/mol. The van der Waals surface area contributed by atoms with Crippen LogP contribution in [0.15, 0.2) is 17.0 Å². The molecule has 0 amide bonds. The predicted octanol–water partition coefficient (Wildman–Crippen LogP) is 2.67. The van der Waals surface area contributed by atoms with Crippen molar-refractivity contribution >= 4 is 9.84 Å². The van der Waals surface area contributed by atoms with Crippen molar-refractivity contribution in [3.63, 3.8) is 0 Å². The summed E-state index contributed by atoms with van der Waals surface area (Å²) in [6.07, 6.45) is -6.43. The van der Waals surface area contributed by atoms with Gasteiger partial charge in [-0.1, -0.05) is 53.7 Å². The normalized spacial score (nSPS) is 27.5. The summed E-state index contributed by atoms with van der Waals surface area (Å²) in [6.45, 7) is 12.1. The zero-order valence-electron chi connectivity index (χ0n) is 19.6. The van der Waals surface area contributed by atoms with Gasteiger partial charge in [-0.15, -0.1) is 0 Å². The van der Waals surface area contributed by atoms with Gasteiger partial charge in [-0.05, 0) is 40.9 Å². The molecular weight excluding hydrogens is 420 g/mol. The maximum Gasteiger partial charge on any atom is 0.186 e. The van der Waals surface area contributed by atoms with Crippen LogP contribution in [0.4, 0.5) is 0 Å². The molecule has 0 bridgehead atoms. The number of ether oxygens (including phenoxy) is 2. The van der Waals surface area contributed by atoms with Crippen LogP contribution in [0.5, 0.6) is 0 Å². The number of methoxy groups -OCH3 is 1. The van der Waals surface area contributed by atoms with E-state index in [1.807, 2.05) is 39.8 Å². The summed E-state index contributed by atoms with van der Waals surface area (Å²) in [5.74, 6) is 0.0603. The van der Waals surface area contributed by atoms with E-state index in [2.05, 4.69) is 13.8 Å². The molecule has 1 aliphatic rings. The maximum atomic E-state index is 13.5. The fourth-order valence-electron chi connectivity index (χ4n) is 3.97. The first-order chi connectivity index (χ1) is 14.3. The Kier molecular flexibility index (Phi) is 8.69. The molecule has 2 rings (SSSR count). The van der Waals surface area contributed by atoms with Gasteiger partial charge >= 0.3 is 0 Å². The van der Waals surface area contributed by atoms with E-state index in [1.165, 1.54) is 7.11 Å². The topological polar surface area (TPSA) is 113 Å². The minimum atomic E-state index is -3.71. The maximum absolute atomic E-state index is 13.5. The molecule has 1 aromatic carbocycles. The van der Waals surface area contributed by atoms with E-state index in [4.69, 9.17) is 9.47 Å². The highest BCUT2D eigenvalue weighted by molar-refractivity contribution is 7.91. The first kappa shape index (κ1) is 26.2. The quantitative estimate of drug-likeness (QED) is 0.549. The lowest BCUT2D eigenvalue weighted by molar-refractivity contribution is -0.289. The number of aliphatic hydroxyl groups excluding tert-OH is 3. The smallest absolute Gasteiger partial charge is 0.186 e. The lowest BCUT2D eigenvalue weighted by Crippen LogP contribution is -2.58. The zero-order valence-corrected chi connectivity index (χ0v) is 20.4. The summed E-state index contributed by atoms with van der Waals surface area (Å²) in [4.78, 5) is 0.357. The van der Waals surface area contributed by atoms with Crippen LogP contribution < -0.4 is 0 Å². The van der Waals surface area contributed by atoms with Gasteiger partial charge in [0.1, 0.15) is 18.3 Å². The number of hydrogen-bond acceptors (Lipinski definition) is 7. The summed E-state index contributed by atoms with van der Waals surface area (Å²) in [5.41, 5.74) is 2.70. The molecule has 0 aliphatic carbocycles. The van der Waals surface area contributed by atoms with Gasteiger partial charge in [0.15, 0.2) is 16.1 Å². The average Bonchev–Trinajstić information content (AvgIpc) is 2.70. The first-order valence-corrected chi connectivity index (χ1v) is 12.6. The third kappa shape index (κ3) is 5.67. The molecule has 0 radical (unpaired) electrons. The van der Waals surface area contributed by atoms with Crippen molar-refractivity contribution in [1.29, 1.82) is 0 Å². The summed E-state index contributed by atoms with van der Waals surface area (Å²) in [5, 5.41) is 30.3. The van der Waals surface area contributed by atoms with E-state index in [0.29, 0.717) is 4.90 Å². The fourth-order valence-corrected chi connectivity index (χ4v) is 6.03. The second kappa shape index (κ2) is 10.3. The summed E-state index contributed by atoms with van der Waals surface area (Å²) < 4.78 is 37.6. The van der Waals surface area contributed by atoms with Gasteiger partial charge in [-0.25, -0.2) is 8.42 Å². The summed E-state index contributed by atoms with van der Waals surface area (Å²) in [7, 11) is -2.40. The van der Waals surface area contributed by atoms with Crippen LogP contribution >= 0.6 is 0 Å². The molecule has 0 aromatic heterocycles. The number of rotatable bonds is 8. The Bertz CT molecular complexity index is 816. The molecule has 8 heteroatoms. The van der Waals surface area contributed by atoms with E-state index in [9.17, 15) is 23.7 Å². The molecule has 1 saturated heterocycles. The number of hydrogen-bond donors (Lipinski definition) is 3. The van der Waals surface area contributed by atoms with E-state index >= 15 is 0 Å². The molecule has 1 fully saturated rings. The second-order valence-corrected chi connectivity index (χ2v) is 11.4. The Morgan fingerprint density at radius 3 is 1.84 bits per heavy atom. The van der Waals surface area contributed by atoms with E-state index < -0.39 is 40.5 Å². The number of aliphatic hydroxyl groups is 3. The van der Waals surface area contributed by atoms with Gasteiger partial charge in [-0.2, -0.15) is 0 Å². The van der Waals surface area contributed by atoms with Crippen LogP contribution in [-0.4, -0.2) is 67.3 Å². The van der Waals surface area contributed by atoms with Gasteiger partial charge in [0, 0.05) is 7.11 Å². The van der Waals surface area contributed by atoms with E-state index in [1.54, 1.807) is 0 Å². The zero-order chi connectivity index (χ0) is 23.7. The average molecular weight is 459 g/mol. The van der Waals surface area contributed by atoms with Crippen molar-refractivity contribution in [3.05, 3.63) is 28.8 Å². The Hall–Kier alpha value is -1.03. The van der Waals surface area contributed by atoms with Crippen molar-refractivity contribution in [2.75, 3.05) is 12.9 Å². The van der Waals surface area contributed by atoms with Gasteiger partial charge in [0.05, 0.1) is 16.8 Å². The minimum absolute atomic E-state index is 0.0207. The lowest BCUT2D eigenvalue weighted by Gasteiger charge is -2.39. The van der Waals surface area contributed by atoms with Gasteiger partial charge in [0.25, 0.3) is 0 Å². The molecule has 7 nitrogen and oxygen atoms in total. The van der Waals surface area contributed by atoms with Gasteiger partial charge in [0.2, 0.25) is 0 Å². The van der Waals surface area contributed by atoms with E-state index in [0.717, 1.165) is 16.7 Å². The third-order valence-electron chi connectivity index (χ3n) is 5.96. The van der Waals surface area contributed by atoms with Crippen LogP contribution in [0.3, 0.4) is 0 Å². The number of benzene rings is 1. The van der Waals surface area contributed by atoms with Crippen molar-refractivity contribution in [2.24, 2.45) is 0 Å². The molecule has 1 aromatic rings. The Morgan fingerprint density at radius 2 is 1.42 bits per heavy atom. The van der Waals surface area contributed by atoms with Crippen LogP contribution in [0.2, 0.25) is 0 Å². The van der Waals surface area contributed by atoms with E-state index in [-0.39, 0.29) is 29.9 Å². The first-order valence-electron chi connectivity index (χ1n) is 10.9. The van der Waals surface area contributed by atoms with Gasteiger partial charge in [-0.3, -0.25) is 0 Å². The molecule has 1 heterocycles. The molecule has 5 atom stereocenters. The van der Waals surface area contributed by atoms with Crippen LogP contribution in [0.25, 0.3) is 0 Å². The molecule has 31 heavy (non-hydrogen) atoms. The SMILES string of the molecule is COC1O[C@H](CCS(=O)(=O)c2c(C(C)C)cc(C(C)C)cc2C(C)C)C(O)[C@@H](O)[C@@H]1O. The minimum Gasteiger partial charge on any atom is -0.388 e. The highest BCUT2D eigenvalue weighted by Gasteiger charge is 2.44. The van der Waals surface area contributed by atoms with Crippen LogP contribution in [-0.2, 0) is 19.3 Å². The Balaban J connectivity index is 2.41. The fraction of sp³-hybridized carbons (Fsp3) is 0.739. The van der Waals surface area contributed by atoms with Crippen molar-refractivity contribution in [3.8, 4) is 0 Å². The van der Waals surface area contributed by atoms with Crippen molar-refractivity contribution < 1.29 is 33.2 Å². The number of sulfone groups is 1. The summed E-state index contributed by atoms with van der Waals surface area (Å²) in [6, 6.07) is 3.97. The van der Waals surface area contributed by atoms with Crippen LogP contribution in [0.1, 0.15) is 82.4 Å². The standard InChI is InChI=1S/C23H38O7S/c1-12(2)15-10-16(13(3)4)22(17(11-15)14(5)6)31(27,28)9-8-18-19(24)20(25)21(26)23(29-7)30-18/h10-14,18-21,23-26H,8-9H2,1-7H3/t18-,19?,20-,21+,23?/m1/s1. The molecule has 178 valence electrons. The molecule has 2 unspecified atom stereocenters. The van der Waals surface area contributed by atoms with Gasteiger partial charge < -0.3 is 24.8 Å². The highest BCUT2D eigenvalue weighted by atomic mass is 32.2.